The zero-order chi connectivity index (χ0) is 19.8. The summed E-state index contributed by atoms with van der Waals surface area (Å²) >= 11 is 0. The van der Waals surface area contributed by atoms with Crippen LogP contribution in [-0.2, 0) is 9.59 Å². The minimum atomic E-state index is -1.62. The van der Waals surface area contributed by atoms with E-state index in [2.05, 4.69) is 13.0 Å². The van der Waals surface area contributed by atoms with Crippen LogP contribution in [0.5, 0.6) is 0 Å². The Balaban J connectivity index is 1.81. The van der Waals surface area contributed by atoms with E-state index in [-0.39, 0.29) is 34.9 Å². The van der Waals surface area contributed by atoms with Gasteiger partial charge in [0, 0.05) is 17.8 Å². The summed E-state index contributed by atoms with van der Waals surface area (Å²) in [5, 5.41) is 32.1. The van der Waals surface area contributed by atoms with Crippen LogP contribution in [0.1, 0.15) is 46.5 Å². The predicted molar refractivity (Wildman–Crippen MR) is 99.6 cm³/mol. The largest absolute Gasteiger partial charge is 0.393 e. The molecular weight excluding hydrogens is 344 g/mol. The van der Waals surface area contributed by atoms with Gasteiger partial charge in [0.05, 0.1) is 6.10 Å². The second kappa shape index (κ2) is 5.85. The average Bonchev–Trinajstić information content (AvgIpc) is 2.82. The molecule has 4 aliphatic carbocycles. The highest BCUT2D eigenvalue weighted by atomic mass is 16.3. The maximum atomic E-state index is 12.6. The van der Waals surface area contributed by atoms with Gasteiger partial charge in [0.15, 0.2) is 11.6 Å². The van der Waals surface area contributed by atoms with Crippen molar-refractivity contribution in [1.29, 1.82) is 0 Å². The number of ketones is 2. The lowest BCUT2D eigenvalue weighted by Crippen LogP contribution is -2.62. The second-order valence-corrected chi connectivity index (χ2v) is 9.73. The summed E-state index contributed by atoms with van der Waals surface area (Å²) in [6.07, 6.45) is 7.39. The number of Topliss-reactive ketones (excluding diaryl/α,β-unsaturated/α-hetero) is 1. The van der Waals surface area contributed by atoms with Crippen LogP contribution in [0.2, 0.25) is 0 Å². The first-order chi connectivity index (χ1) is 12.6. The molecule has 0 aromatic heterocycles. The molecule has 2 saturated carbocycles. The van der Waals surface area contributed by atoms with Gasteiger partial charge in [-0.2, -0.15) is 0 Å². The lowest BCUT2D eigenvalue weighted by Gasteiger charge is -2.58. The molecule has 27 heavy (non-hydrogen) atoms. The van der Waals surface area contributed by atoms with Gasteiger partial charge in [-0.25, -0.2) is 0 Å². The smallest absolute Gasteiger partial charge is 0.190 e. The van der Waals surface area contributed by atoms with Crippen LogP contribution in [0.15, 0.2) is 23.8 Å². The first-order valence-electron chi connectivity index (χ1n) is 10.1. The van der Waals surface area contributed by atoms with Gasteiger partial charge in [0.25, 0.3) is 0 Å². The predicted octanol–water partition coefficient (Wildman–Crippen LogP) is 1.80. The first-order valence-corrected chi connectivity index (χ1v) is 10.1. The molecule has 8 atom stereocenters. The number of carbonyl (C=O) groups is 2. The Hall–Kier alpha value is -1.30. The van der Waals surface area contributed by atoms with Crippen LogP contribution in [0.4, 0.5) is 0 Å². The molecule has 0 amide bonds. The average molecular weight is 374 g/mol. The second-order valence-electron chi connectivity index (χ2n) is 9.73. The van der Waals surface area contributed by atoms with Gasteiger partial charge < -0.3 is 15.3 Å². The molecule has 4 rings (SSSR count). The summed E-state index contributed by atoms with van der Waals surface area (Å²) < 4.78 is 0. The van der Waals surface area contributed by atoms with Crippen molar-refractivity contribution in [3.8, 4) is 0 Å². The van der Waals surface area contributed by atoms with E-state index >= 15 is 0 Å². The lowest BCUT2D eigenvalue weighted by atomic mass is 9.47. The van der Waals surface area contributed by atoms with Crippen LogP contribution >= 0.6 is 0 Å². The van der Waals surface area contributed by atoms with Crippen LogP contribution in [0, 0.1) is 34.5 Å². The summed E-state index contributed by atoms with van der Waals surface area (Å²) in [5.74, 6) is -0.618. The SMILES string of the molecule is CC1C[C@H]2[C@@H]3C=CC4=CC(=O)CC[C@]4(C)[C@H]3C(O)C[C@]2(C)[C@@]1(O)C(=O)CO. The van der Waals surface area contributed by atoms with Gasteiger partial charge in [0.2, 0.25) is 0 Å². The number of fused-ring (bicyclic) bond motifs is 5. The maximum absolute atomic E-state index is 12.6. The number of hydrogen-bond acceptors (Lipinski definition) is 5. The summed E-state index contributed by atoms with van der Waals surface area (Å²) in [6.45, 7) is 5.23. The van der Waals surface area contributed by atoms with Crippen molar-refractivity contribution in [2.75, 3.05) is 6.61 Å². The van der Waals surface area contributed by atoms with Crippen molar-refractivity contribution in [1.82, 2.24) is 0 Å². The topological polar surface area (TPSA) is 94.8 Å². The van der Waals surface area contributed by atoms with Crippen LogP contribution in [0.25, 0.3) is 0 Å². The fourth-order valence-electron chi connectivity index (χ4n) is 7.18. The summed E-state index contributed by atoms with van der Waals surface area (Å²) in [4.78, 5) is 24.5. The summed E-state index contributed by atoms with van der Waals surface area (Å²) in [5.41, 5.74) is -1.67. The first kappa shape index (κ1) is 19.0. The van der Waals surface area contributed by atoms with E-state index in [0.717, 1.165) is 12.0 Å². The molecule has 0 aliphatic heterocycles. The third kappa shape index (κ3) is 2.22. The van der Waals surface area contributed by atoms with Crippen LogP contribution in [-0.4, -0.2) is 45.2 Å². The molecule has 0 aromatic carbocycles. The summed E-state index contributed by atoms with van der Waals surface area (Å²) in [6, 6.07) is 0. The fourth-order valence-corrected chi connectivity index (χ4v) is 7.18. The van der Waals surface area contributed by atoms with E-state index < -0.39 is 29.5 Å². The number of allylic oxidation sites excluding steroid dienone is 4. The van der Waals surface area contributed by atoms with Gasteiger partial charge in [0.1, 0.15) is 12.2 Å². The van der Waals surface area contributed by atoms with Crippen molar-refractivity contribution in [3.63, 3.8) is 0 Å². The lowest BCUT2D eigenvalue weighted by molar-refractivity contribution is -0.180. The molecule has 5 nitrogen and oxygen atoms in total. The van der Waals surface area contributed by atoms with Gasteiger partial charge in [-0.15, -0.1) is 0 Å². The normalized spacial score (nSPS) is 51.3. The van der Waals surface area contributed by atoms with Gasteiger partial charge in [-0.3, -0.25) is 9.59 Å². The maximum Gasteiger partial charge on any atom is 0.190 e. The van der Waals surface area contributed by atoms with E-state index in [9.17, 15) is 24.9 Å². The number of rotatable bonds is 2. The number of hydrogen-bond donors (Lipinski definition) is 3. The van der Waals surface area contributed by atoms with Crippen molar-refractivity contribution in [2.24, 2.45) is 34.5 Å². The van der Waals surface area contributed by atoms with Crippen LogP contribution < -0.4 is 0 Å². The third-order valence-electron chi connectivity index (χ3n) is 8.61. The Bertz CT molecular complexity index is 754. The number of aliphatic hydroxyl groups is 3. The molecule has 0 bridgehead atoms. The third-order valence-corrected chi connectivity index (χ3v) is 8.61. The van der Waals surface area contributed by atoms with E-state index in [1.807, 2.05) is 19.9 Å². The van der Waals surface area contributed by atoms with Crippen LogP contribution in [0.3, 0.4) is 0 Å². The molecule has 4 aliphatic rings. The number of aliphatic hydroxyl groups excluding tert-OH is 2. The Morgan fingerprint density at radius 1 is 1.33 bits per heavy atom. The minimum absolute atomic E-state index is 0.0290. The van der Waals surface area contributed by atoms with E-state index in [1.165, 1.54) is 0 Å². The zero-order valence-corrected chi connectivity index (χ0v) is 16.3. The standard InChI is InChI=1S/C22H30O5/c1-12-8-16-15-5-4-13-9-14(24)6-7-20(13,2)19(15)17(25)10-21(16,3)22(12,27)18(26)11-23/h4-5,9,12,15-17,19,23,25,27H,6-8,10-11H2,1-3H3/t12?,15-,16-,17?,19+,20-,21-,22-/m0/s1. The van der Waals surface area contributed by atoms with E-state index in [0.29, 0.717) is 19.3 Å². The minimum Gasteiger partial charge on any atom is -0.393 e. The van der Waals surface area contributed by atoms with Gasteiger partial charge >= 0.3 is 0 Å². The Morgan fingerprint density at radius 2 is 2.04 bits per heavy atom. The van der Waals surface area contributed by atoms with Crippen molar-refractivity contribution >= 4 is 11.6 Å². The molecule has 0 radical (unpaired) electrons. The van der Waals surface area contributed by atoms with E-state index in [1.54, 1.807) is 6.08 Å². The molecule has 148 valence electrons. The fraction of sp³-hybridized carbons (Fsp3) is 0.727. The summed E-state index contributed by atoms with van der Waals surface area (Å²) in [7, 11) is 0. The van der Waals surface area contributed by atoms with Crippen molar-refractivity contribution in [2.45, 2.75) is 58.2 Å². The zero-order valence-electron chi connectivity index (χ0n) is 16.3. The quantitative estimate of drug-likeness (QED) is 0.685. The Morgan fingerprint density at radius 3 is 2.70 bits per heavy atom. The van der Waals surface area contributed by atoms with Crippen molar-refractivity contribution < 1.29 is 24.9 Å². The molecule has 0 aromatic rings. The Labute approximate surface area is 160 Å². The molecule has 3 N–H and O–H groups in total. The highest BCUT2D eigenvalue weighted by Crippen LogP contribution is 2.67. The van der Waals surface area contributed by atoms with Gasteiger partial charge in [-0.1, -0.05) is 32.9 Å². The highest BCUT2D eigenvalue weighted by Gasteiger charge is 2.70. The molecule has 5 heteroatoms. The number of carbonyl (C=O) groups excluding carboxylic acids is 2. The van der Waals surface area contributed by atoms with E-state index in [4.69, 9.17) is 0 Å². The monoisotopic (exact) mass is 374 g/mol. The molecule has 0 saturated heterocycles. The molecule has 0 spiro atoms. The van der Waals surface area contributed by atoms with Gasteiger partial charge in [-0.05, 0) is 54.1 Å². The molecule has 0 heterocycles. The molecular formula is C22H30O5. The van der Waals surface area contributed by atoms with Crippen molar-refractivity contribution in [3.05, 3.63) is 23.8 Å². The molecule has 2 unspecified atom stereocenters. The highest BCUT2D eigenvalue weighted by molar-refractivity contribution is 5.92. The molecule has 2 fully saturated rings. The Kier molecular flexibility index (Phi) is 4.12.